The molecule has 3 rings (SSSR count). The van der Waals surface area contributed by atoms with Crippen molar-refractivity contribution in [3.63, 3.8) is 0 Å². The third-order valence-electron chi connectivity index (χ3n) is 5.26. The molecule has 0 aromatic rings. The van der Waals surface area contributed by atoms with E-state index in [9.17, 15) is 0 Å². The van der Waals surface area contributed by atoms with Gasteiger partial charge in [0.2, 0.25) is 0 Å². The summed E-state index contributed by atoms with van der Waals surface area (Å²) in [5, 5.41) is 3.82. The molecule has 0 aromatic carbocycles. The predicted octanol–water partition coefficient (Wildman–Crippen LogP) is 2.97. The molecule has 1 saturated heterocycles. The lowest BCUT2D eigenvalue weighted by Gasteiger charge is -2.39. The number of hydrogen-bond acceptors (Lipinski definition) is 2. The van der Waals surface area contributed by atoms with E-state index < -0.39 is 0 Å². The van der Waals surface area contributed by atoms with Crippen LogP contribution in [-0.4, -0.2) is 25.8 Å². The molecule has 0 bridgehead atoms. The summed E-state index contributed by atoms with van der Waals surface area (Å²) in [7, 11) is 0. The molecule has 4 unspecified atom stereocenters. The molecule has 3 fully saturated rings. The van der Waals surface area contributed by atoms with Crippen LogP contribution in [0.2, 0.25) is 0 Å². The van der Waals surface area contributed by atoms with Gasteiger partial charge in [-0.25, -0.2) is 0 Å². The van der Waals surface area contributed by atoms with Gasteiger partial charge in [-0.3, -0.25) is 0 Å². The maximum absolute atomic E-state index is 5.44. The molecule has 17 heavy (non-hydrogen) atoms. The van der Waals surface area contributed by atoms with Gasteiger partial charge in [-0.15, -0.1) is 0 Å². The van der Waals surface area contributed by atoms with Crippen LogP contribution in [0.15, 0.2) is 0 Å². The number of fused-ring (bicyclic) bond motifs is 1. The van der Waals surface area contributed by atoms with Gasteiger partial charge in [-0.1, -0.05) is 25.7 Å². The van der Waals surface area contributed by atoms with Crippen LogP contribution < -0.4 is 5.32 Å². The summed E-state index contributed by atoms with van der Waals surface area (Å²) in [6, 6.07) is 0.815. The first-order valence-electron chi connectivity index (χ1n) is 7.73. The molecular weight excluding hydrogens is 210 g/mol. The lowest BCUT2D eigenvalue weighted by atomic mass is 9.69. The van der Waals surface area contributed by atoms with E-state index in [1.165, 1.54) is 57.9 Å². The zero-order valence-electron chi connectivity index (χ0n) is 11.0. The summed E-state index contributed by atoms with van der Waals surface area (Å²) in [6.45, 7) is 3.18. The minimum absolute atomic E-state index is 0.791. The predicted molar refractivity (Wildman–Crippen MR) is 70.0 cm³/mol. The van der Waals surface area contributed by atoms with E-state index in [1.54, 1.807) is 0 Å². The van der Waals surface area contributed by atoms with E-state index >= 15 is 0 Å². The van der Waals surface area contributed by atoms with E-state index in [0.717, 1.165) is 37.0 Å². The Balaban J connectivity index is 1.42. The second-order valence-corrected chi connectivity index (χ2v) is 6.45. The number of hydrogen-bond donors (Lipinski definition) is 1. The molecule has 4 atom stereocenters. The molecule has 1 heterocycles. The Labute approximate surface area is 105 Å². The van der Waals surface area contributed by atoms with Crippen molar-refractivity contribution in [1.29, 1.82) is 0 Å². The van der Waals surface area contributed by atoms with Crippen molar-refractivity contribution in [1.82, 2.24) is 5.32 Å². The summed E-state index contributed by atoms with van der Waals surface area (Å²) < 4.78 is 5.44. The van der Waals surface area contributed by atoms with E-state index in [1.807, 2.05) is 0 Å². The Kier molecular flexibility index (Phi) is 4.02. The second-order valence-electron chi connectivity index (χ2n) is 6.45. The SMILES string of the molecule is C1CCC2CC(NCC3CCOC3)CCC2C1. The quantitative estimate of drug-likeness (QED) is 0.815. The van der Waals surface area contributed by atoms with Gasteiger partial charge in [0.15, 0.2) is 0 Å². The van der Waals surface area contributed by atoms with Gasteiger partial charge < -0.3 is 10.1 Å². The minimum Gasteiger partial charge on any atom is -0.381 e. The van der Waals surface area contributed by atoms with Crippen molar-refractivity contribution >= 4 is 0 Å². The Bertz CT molecular complexity index is 237. The molecule has 0 amide bonds. The third kappa shape index (κ3) is 3.03. The van der Waals surface area contributed by atoms with Gasteiger partial charge in [-0.05, 0) is 43.4 Å². The summed E-state index contributed by atoms with van der Waals surface area (Å²) in [5.41, 5.74) is 0. The maximum atomic E-state index is 5.44. The lowest BCUT2D eigenvalue weighted by molar-refractivity contribution is 0.139. The second kappa shape index (κ2) is 5.71. The molecule has 0 aromatic heterocycles. The van der Waals surface area contributed by atoms with Gasteiger partial charge in [0.05, 0.1) is 6.61 Å². The molecule has 3 aliphatic rings. The Hall–Kier alpha value is -0.0800. The first kappa shape index (κ1) is 12.0. The van der Waals surface area contributed by atoms with Crippen LogP contribution in [-0.2, 0) is 4.74 Å². The largest absolute Gasteiger partial charge is 0.381 e. The molecule has 0 spiro atoms. The Morgan fingerprint density at radius 1 is 0.941 bits per heavy atom. The van der Waals surface area contributed by atoms with Crippen molar-refractivity contribution in [2.75, 3.05) is 19.8 Å². The molecule has 2 aliphatic carbocycles. The average Bonchev–Trinajstić information content (AvgIpc) is 2.89. The van der Waals surface area contributed by atoms with Gasteiger partial charge in [-0.2, -0.15) is 0 Å². The summed E-state index contributed by atoms with van der Waals surface area (Å²) in [5.74, 6) is 2.92. The van der Waals surface area contributed by atoms with Crippen LogP contribution in [0.5, 0.6) is 0 Å². The summed E-state index contributed by atoms with van der Waals surface area (Å²) in [4.78, 5) is 0. The van der Waals surface area contributed by atoms with E-state index in [-0.39, 0.29) is 0 Å². The molecule has 1 N–H and O–H groups in total. The number of nitrogens with one attached hydrogen (secondary N) is 1. The molecule has 0 radical (unpaired) electrons. The van der Waals surface area contributed by atoms with Crippen LogP contribution in [0.1, 0.15) is 51.4 Å². The van der Waals surface area contributed by atoms with Crippen molar-refractivity contribution in [2.45, 2.75) is 57.4 Å². The summed E-state index contributed by atoms with van der Waals surface area (Å²) in [6.07, 6.45) is 11.7. The average molecular weight is 237 g/mol. The van der Waals surface area contributed by atoms with Crippen molar-refractivity contribution in [3.8, 4) is 0 Å². The van der Waals surface area contributed by atoms with Gasteiger partial charge in [0.25, 0.3) is 0 Å². The van der Waals surface area contributed by atoms with Crippen LogP contribution in [0.25, 0.3) is 0 Å². The Morgan fingerprint density at radius 3 is 2.65 bits per heavy atom. The van der Waals surface area contributed by atoms with E-state index in [2.05, 4.69) is 5.32 Å². The monoisotopic (exact) mass is 237 g/mol. The van der Waals surface area contributed by atoms with Gasteiger partial charge >= 0.3 is 0 Å². The topological polar surface area (TPSA) is 21.3 Å². The Morgan fingerprint density at radius 2 is 1.82 bits per heavy atom. The zero-order valence-corrected chi connectivity index (χ0v) is 11.0. The molecule has 2 nitrogen and oxygen atoms in total. The molecule has 2 saturated carbocycles. The normalized spacial score (nSPS) is 42.4. The fourth-order valence-electron chi connectivity index (χ4n) is 4.14. The molecule has 1 aliphatic heterocycles. The van der Waals surface area contributed by atoms with Crippen LogP contribution in [0, 0.1) is 17.8 Å². The van der Waals surface area contributed by atoms with E-state index in [0.29, 0.717) is 0 Å². The highest BCUT2D eigenvalue weighted by Crippen LogP contribution is 2.40. The van der Waals surface area contributed by atoms with Crippen LogP contribution in [0.4, 0.5) is 0 Å². The lowest BCUT2D eigenvalue weighted by Crippen LogP contribution is -2.40. The van der Waals surface area contributed by atoms with Gasteiger partial charge in [0, 0.05) is 19.2 Å². The minimum atomic E-state index is 0.791. The zero-order chi connectivity index (χ0) is 11.5. The van der Waals surface area contributed by atoms with Crippen molar-refractivity contribution in [2.24, 2.45) is 17.8 Å². The maximum Gasteiger partial charge on any atom is 0.0507 e. The van der Waals surface area contributed by atoms with E-state index in [4.69, 9.17) is 4.74 Å². The van der Waals surface area contributed by atoms with Gasteiger partial charge in [0.1, 0.15) is 0 Å². The number of ether oxygens (including phenoxy) is 1. The molecule has 2 heteroatoms. The molecular formula is C15H27NO. The fraction of sp³-hybridized carbons (Fsp3) is 1.00. The smallest absolute Gasteiger partial charge is 0.0507 e. The fourth-order valence-corrected chi connectivity index (χ4v) is 4.14. The first-order chi connectivity index (χ1) is 8.42. The summed E-state index contributed by atoms with van der Waals surface area (Å²) >= 11 is 0. The first-order valence-corrected chi connectivity index (χ1v) is 7.73. The number of rotatable bonds is 3. The molecule has 98 valence electrons. The standard InChI is InChI=1S/C15H27NO/c1-2-4-14-9-15(6-5-13(14)3-1)16-10-12-7-8-17-11-12/h12-16H,1-11H2. The highest BCUT2D eigenvalue weighted by molar-refractivity contribution is 4.86. The highest BCUT2D eigenvalue weighted by Gasteiger charge is 2.32. The van der Waals surface area contributed by atoms with Crippen molar-refractivity contribution in [3.05, 3.63) is 0 Å². The third-order valence-corrected chi connectivity index (χ3v) is 5.26. The highest BCUT2D eigenvalue weighted by atomic mass is 16.5. The van der Waals surface area contributed by atoms with Crippen LogP contribution in [0.3, 0.4) is 0 Å². The van der Waals surface area contributed by atoms with Crippen LogP contribution >= 0.6 is 0 Å². The van der Waals surface area contributed by atoms with Crippen molar-refractivity contribution < 1.29 is 4.74 Å².